The summed E-state index contributed by atoms with van der Waals surface area (Å²) >= 11 is 1.67. The number of anilines is 1. The number of thiophene rings is 1. The van der Waals surface area contributed by atoms with Gasteiger partial charge in [0.1, 0.15) is 10.8 Å². The van der Waals surface area contributed by atoms with Crippen molar-refractivity contribution in [2.75, 3.05) is 26.2 Å². The monoisotopic (exact) mass is 475 g/mol. The zero-order valence-electron chi connectivity index (χ0n) is 18.3. The van der Waals surface area contributed by atoms with Crippen molar-refractivity contribution in [2.24, 2.45) is 5.92 Å². The average Bonchev–Trinajstić information content (AvgIpc) is 3.44. The standard InChI is InChI=1S/C25H26FNO3S.ClH/c1-27(24-21(29-2)15-22(31-24)16-7-5-4-6-8-16)20-14-13-19(25(28)30-3)23(20)17-9-11-18(26)12-10-17;/h4-12,15,19-20,23H,13-14H2,1-3H3;1H. The Morgan fingerprint density at radius 1 is 1.06 bits per heavy atom. The van der Waals surface area contributed by atoms with Crippen LogP contribution >= 0.6 is 23.7 Å². The number of esters is 1. The zero-order valence-corrected chi connectivity index (χ0v) is 19.9. The third-order valence-corrected chi connectivity index (χ3v) is 7.41. The van der Waals surface area contributed by atoms with Gasteiger partial charge in [0.05, 0.1) is 20.1 Å². The Kier molecular flexibility index (Phi) is 7.80. The topological polar surface area (TPSA) is 38.8 Å². The number of benzene rings is 2. The van der Waals surface area contributed by atoms with Crippen LogP contribution in [-0.2, 0) is 9.53 Å². The van der Waals surface area contributed by atoms with E-state index in [2.05, 4.69) is 23.1 Å². The van der Waals surface area contributed by atoms with E-state index in [1.54, 1.807) is 30.6 Å². The highest BCUT2D eigenvalue weighted by atomic mass is 35.5. The maximum atomic E-state index is 13.6. The van der Waals surface area contributed by atoms with Crippen molar-refractivity contribution < 1.29 is 18.7 Å². The molecular formula is C25H27ClFNO3S. The maximum Gasteiger partial charge on any atom is 0.309 e. The molecule has 1 aliphatic carbocycles. The van der Waals surface area contributed by atoms with Crippen LogP contribution in [0, 0.1) is 11.7 Å². The molecule has 1 fully saturated rings. The molecule has 0 N–H and O–H groups in total. The van der Waals surface area contributed by atoms with Crippen LogP contribution < -0.4 is 9.64 Å². The Bertz CT molecular complexity index is 1040. The number of carbonyl (C=O) groups is 1. The van der Waals surface area contributed by atoms with Gasteiger partial charge in [-0.2, -0.15) is 0 Å². The van der Waals surface area contributed by atoms with Crippen LogP contribution in [0.3, 0.4) is 0 Å². The molecular weight excluding hydrogens is 449 g/mol. The van der Waals surface area contributed by atoms with Crippen molar-refractivity contribution in [3.63, 3.8) is 0 Å². The Balaban J connectivity index is 0.00000289. The molecule has 4 rings (SSSR count). The summed E-state index contributed by atoms with van der Waals surface area (Å²) in [4.78, 5) is 15.9. The number of nitrogens with zero attached hydrogens (tertiary/aromatic N) is 1. The number of hydrogen-bond acceptors (Lipinski definition) is 5. The minimum Gasteiger partial charge on any atom is -0.494 e. The Morgan fingerprint density at radius 2 is 1.75 bits per heavy atom. The first-order valence-corrected chi connectivity index (χ1v) is 11.1. The van der Waals surface area contributed by atoms with E-state index in [0.717, 1.165) is 39.6 Å². The molecule has 0 amide bonds. The van der Waals surface area contributed by atoms with Gasteiger partial charge in [0, 0.05) is 30.0 Å². The lowest BCUT2D eigenvalue weighted by atomic mass is 9.86. The second-order valence-corrected chi connectivity index (χ2v) is 8.84. The second kappa shape index (κ2) is 10.4. The first kappa shape index (κ1) is 24.1. The summed E-state index contributed by atoms with van der Waals surface area (Å²) in [6.07, 6.45) is 1.56. The van der Waals surface area contributed by atoms with E-state index >= 15 is 0 Å². The lowest BCUT2D eigenvalue weighted by molar-refractivity contribution is -0.145. The number of hydrogen-bond donors (Lipinski definition) is 0. The van der Waals surface area contributed by atoms with Crippen LogP contribution in [0.2, 0.25) is 0 Å². The number of ether oxygens (including phenoxy) is 2. The molecule has 0 spiro atoms. The molecule has 1 saturated carbocycles. The van der Waals surface area contributed by atoms with Crippen molar-refractivity contribution in [1.29, 1.82) is 0 Å². The third-order valence-electron chi connectivity index (χ3n) is 6.16. The Labute approximate surface area is 198 Å². The number of carbonyl (C=O) groups excluding carboxylic acids is 1. The minimum absolute atomic E-state index is 0. The second-order valence-electron chi connectivity index (χ2n) is 7.81. The van der Waals surface area contributed by atoms with Gasteiger partial charge >= 0.3 is 5.97 Å². The van der Waals surface area contributed by atoms with Crippen LogP contribution in [0.5, 0.6) is 5.75 Å². The van der Waals surface area contributed by atoms with Gasteiger partial charge in [0.2, 0.25) is 0 Å². The summed E-state index contributed by atoms with van der Waals surface area (Å²) in [7, 11) is 5.15. The molecule has 0 radical (unpaired) electrons. The number of rotatable bonds is 6. The molecule has 0 bridgehead atoms. The van der Waals surface area contributed by atoms with Crippen LogP contribution in [0.4, 0.5) is 9.39 Å². The summed E-state index contributed by atoms with van der Waals surface area (Å²) in [6.45, 7) is 0. The van der Waals surface area contributed by atoms with Crippen molar-refractivity contribution in [3.8, 4) is 16.2 Å². The van der Waals surface area contributed by atoms with Gasteiger partial charge < -0.3 is 14.4 Å². The van der Waals surface area contributed by atoms with E-state index in [1.807, 2.05) is 25.2 Å². The first-order chi connectivity index (χ1) is 15.0. The largest absolute Gasteiger partial charge is 0.494 e. The van der Waals surface area contributed by atoms with Crippen molar-refractivity contribution in [2.45, 2.75) is 24.8 Å². The molecule has 170 valence electrons. The SMILES string of the molecule is COC(=O)C1CCC(N(C)c2sc(-c3ccccc3)cc2OC)C1c1ccc(F)cc1.Cl. The van der Waals surface area contributed by atoms with Crippen LogP contribution in [0.25, 0.3) is 10.4 Å². The first-order valence-electron chi connectivity index (χ1n) is 10.3. The van der Waals surface area contributed by atoms with E-state index in [9.17, 15) is 9.18 Å². The van der Waals surface area contributed by atoms with Crippen molar-refractivity contribution >= 4 is 34.7 Å². The number of likely N-dealkylation sites (N-methyl/N-ethyl adjacent to an activating group) is 1. The van der Waals surface area contributed by atoms with E-state index < -0.39 is 0 Å². The Morgan fingerprint density at radius 3 is 2.38 bits per heavy atom. The molecule has 3 unspecified atom stereocenters. The van der Waals surface area contributed by atoms with Gasteiger partial charge in [-0.15, -0.1) is 23.7 Å². The fourth-order valence-corrected chi connectivity index (χ4v) is 5.77. The lowest BCUT2D eigenvalue weighted by Gasteiger charge is -2.32. The molecule has 7 heteroatoms. The summed E-state index contributed by atoms with van der Waals surface area (Å²) < 4.78 is 24.4. The van der Waals surface area contributed by atoms with E-state index in [4.69, 9.17) is 9.47 Å². The number of halogens is 2. The molecule has 1 heterocycles. The molecule has 3 atom stereocenters. The van der Waals surface area contributed by atoms with Crippen LogP contribution in [0.1, 0.15) is 24.3 Å². The summed E-state index contributed by atoms with van der Waals surface area (Å²) in [5.41, 5.74) is 2.09. The summed E-state index contributed by atoms with van der Waals surface area (Å²) in [5, 5.41) is 1.02. The fraction of sp³-hybridized carbons (Fsp3) is 0.320. The molecule has 0 aliphatic heterocycles. The highest BCUT2D eigenvalue weighted by molar-refractivity contribution is 7.19. The van der Waals surface area contributed by atoms with E-state index in [1.165, 1.54) is 19.2 Å². The van der Waals surface area contributed by atoms with E-state index in [0.29, 0.717) is 0 Å². The highest BCUT2D eigenvalue weighted by Crippen LogP contribution is 2.49. The molecule has 1 aliphatic rings. The van der Waals surface area contributed by atoms with Crippen LogP contribution in [-0.4, -0.2) is 33.3 Å². The van der Waals surface area contributed by atoms with E-state index in [-0.39, 0.29) is 42.1 Å². The minimum atomic E-state index is -0.284. The van der Waals surface area contributed by atoms with Gasteiger partial charge in [-0.25, -0.2) is 4.39 Å². The molecule has 3 aromatic rings. The summed E-state index contributed by atoms with van der Waals surface area (Å²) in [6, 6.07) is 18.8. The predicted molar refractivity (Wildman–Crippen MR) is 130 cm³/mol. The van der Waals surface area contributed by atoms with Gasteiger partial charge in [-0.05, 0) is 36.1 Å². The molecule has 32 heavy (non-hydrogen) atoms. The molecule has 1 aromatic heterocycles. The maximum absolute atomic E-state index is 13.6. The van der Waals surface area contributed by atoms with Gasteiger partial charge in [-0.1, -0.05) is 42.5 Å². The smallest absolute Gasteiger partial charge is 0.309 e. The predicted octanol–water partition coefficient (Wildman–Crippen LogP) is 6.16. The number of methoxy groups -OCH3 is 2. The molecule has 2 aromatic carbocycles. The van der Waals surface area contributed by atoms with Gasteiger partial charge in [0.15, 0.2) is 5.75 Å². The normalized spacial score (nSPS) is 19.8. The highest BCUT2D eigenvalue weighted by Gasteiger charge is 2.44. The van der Waals surface area contributed by atoms with Gasteiger partial charge in [0.25, 0.3) is 0 Å². The molecule has 4 nitrogen and oxygen atoms in total. The summed E-state index contributed by atoms with van der Waals surface area (Å²) in [5.74, 6) is -0.0414. The quantitative estimate of drug-likeness (QED) is 0.400. The van der Waals surface area contributed by atoms with Gasteiger partial charge in [-0.3, -0.25) is 4.79 Å². The Hall–Kier alpha value is -2.57. The zero-order chi connectivity index (χ0) is 22.0. The average molecular weight is 476 g/mol. The molecule has 0 saturated heterocycles. The fourth-order valence-electron chi connectivity index (χ4n) is 4.62. The van der Waals surface area contributed by atoms with Crippen molar-refractivity contribution in [1.82, 2.24) is 0 Å². The van der Waals surface area contributed by atoms with Crippen molar-refractivity contribution in [3.05, 3.63) is 72.0 Å². The lowest BCUT2D eigenvalue weighted by Crippen LogP contribution is -2.36. The van der Waals surface area contributed by atoms with Crippen LogP contribution in [0.15, 0.2) is 60.7 Å². The third kappa shape index (κ3) is 4.62.